The van der Waals surface area contributed by atoms with Crippen LogP contribution in [0.1, 0.15) is 24.0 Å². The molecule has 1 heteroatoms. The average molecular weight is 240 g/mol. The van der Waals surface area contributed by atoms with Crippen LogP contribution in [0, 0.1) is 0 Å². The molecule has 0 amide bonds. The van der Waals surface area contributed by atoms with E-state index in [2.05, 4.69) is 24.3 Å². The second-order valence-electron chi connectivity index (χ2n) is 4.49. The molecule has 0 saturated carbocycles. The molecular weight excluding hydrogens is 220 g/mol. The Morgan fingerprint density at radius 2 is 1.22 bits per heavy atom. The molecule has 0 bridgehead atoms. The molecule has 0 spiro atoms. The number of ether oxygens (including phenoxy) is 1. The second-order valence-corrected chi connectivity index (χ2v) is 4.49. The summed E-state index contributed by atoms with van der Waals surface area (Å²) in [5.41, 5.74) is 3.16. The summed E-state index contributed by atoms with van der Waals surface area (Å²) in [4.78, 5) is 0. The van der Waals surface area contributed by atoms with Gasteiger partial charge in [0.15, 0.2) is 0 Å². The van der Waals surface area contributed by atoms with E-state index in [-0.39, 0.29) is 0 Å². The predicted octanol–water partition coefficient (Wildman–Crippen LogP) is 4.26. The van der Waals surface area contributed by atoms with Crippen LogP contribution in [0.3, 0.4) is 0 Å². The van der Waals surface area contributed by atoms with Gasteiger partial charge >= 0.3 is 0 Å². The Balaban J connectivity index is 0.000000138. The Morgan fingerprint density at radius 1 is 0.722 bits per heavy atom. The van der Waals surface area contributed by atoms with Gasteiger partial charge in [-0.05, 0) is 48.9 Å². The van der Waals surface area contributed by atoms with E-state index in [1.807, 2.05) is 30.3 Å². The summed E-state index contributed by atoms with van der Waals surface area (Å²) in [7, 11) is 1.66. The maximum absolute atomic E-state index is 4.91. The Labute approximate surface area is 109 Å². The van der Waals surface area contributed by atoms with E-state index in [9.17, 15) is 0 Å². The van der Waals surface area contributed by atoms with Gasteiger partial charge in [-0.15, -0.1) is 0 Å². The number of fused-ring (bicyclic) bond motifs is 1. The highest BCUT2D eigenvalue weighted by Crippen LogP contribution is 2.19. The van der Waals surface area contributed by atoms with E-state index in [0.717, 1.165) is 5.75 Å². The predicted molar refractivity (Wildman–Crippen MR) is 76.1 cm³/mol. The second kappa shape index (κ2) is 6.85. The molecule has 2 aromatic rings. The molecule has 1 aliphatic carbocycles. The molecule has 0 fully saturated rings. The van der Waals surface area contributed by atoms with Crippen molar-refractivity contribution >= 4 is 0 Å². The average Bonchev–Trinajstić information content (AvgIpc) is 2.49. The number of rotatable bonds is 1. The van der Waals surface area contributed by atoms with E-state index >= 15 is 0 Å². The molecule has 3 rings (SSSR count). The molecule has 2 aromatic carbocycles. The van der Waals surface area contributed by atoms with Crippen molar-refractivity contribution in [1.82, 2.24) is 0 Å². The molecule has 0 radical (unpaired) electrons. The normalized spacial score (nSPS) is 12.9. The molecule has 0 heterocycles. The highest BCUT2D eigenvalue weighted by molar-refractivity contribution is 5.28. The number of hydrogen-bond donors (Lipinski definition) is 0. The maximum atomic E-state index is 4.91. The van der Waals surface area contributed by atoms with Crippen molar-refractivity contribution < 1.29 is 4.74 Å². The van der Waals surface area contributed by atoms with Gasteiger partial charge in [-0.25, -0.2) is 0 Å². The SMILES string of the molecule is COc1ccccc1.c1ccc2c(c1)CCCC2. The van der Waals surface area contributed by atoms with Gasteiger partial charge < -0.3 is 4.74 Å². The molecule has 0 unspecified atom stereocenters. The summed E-state index contributed by atoms with van der Waals surface area (Å²) in [5.74, 6) is 0.910. The first kappa shape index (κ1) is 12.7. The van der Waals surface area contributed by atoms with Gasteiger partial charge in [0.1, 0.15) is 5.75 Å². The van der Waals surface area contributed by atoms with Crippen molar-refractivity contribution in [3.8, 4) is 5.75 Å². The molecular formula is C17H20O. The minimum absolute atomic E-state index is 0.910. The zero-order chi connectivity index (χ0) is 12.6. The molecule has 1 aliphatic rings. The highest BCUT2D eigenvalue weighted by atomic mass is 16.5. The van der Waals surface area contributed by atoms with Crippen LogP contribution in [0.25, 0.3) is 0 Å². The first-order valence-corrected chi connectivity index (χ1v) is 6.56. The Hall–Kier alpha value is -1.76. The lowest BCUT2D eigenvalue weighted by Crippen LogP contribution is -2.00. The van der Waals surface area contributed by atoms with Gasteiger partial charge in [0.05, 0.1) is 7.11 Å². The van der Waals surface area contributed by atoms with Crippen molar-refractivity contribution in [2.45, 2.75) is 25.7 Å². The number of para-hydroxylation sites is 1. The van der Waals surface area contributed by atoms with Crippen molar-refractivity contribution in [2.75, 3.05) is 7.11 Å². The van der Waals surface area contributed by atoms with E-state index in [4.69, 9.17) is 4.74 Å². The van der Waals surface area contributed by atoms with Gasteiger partial charge in [-0.1, -0.05) is 42.5 Å². The quantitative estimate of drug-likeness (QED) is 0.723. The van der Waals surface area contributed by atoms with Gasteiger partial charge in [0.25, 0.3) is 0 Å². The molecule has 0 aliphatic heterocycles. The van der Waals surface area contributed by atoms with Crippen LogP contribution in [-0.2, 0) is 12.8 Å². The van der Waals surface area contributed by atoms with Crippen LogP contribution in [0.5, 0.6) is 5.75 Å². The summed E-state index contributed by atoms with van der Waals surface area (Å²) >= 11 is 0. The monoisotopic (exact) mass is 240 g/mol. The van der Waals surface area contributed by atoms with Crippen molar-refractivity contribution in [2.24, 2.45) is 0 Å². The Morgan fingerprint density at radius 3 is 1.67 bits per heavy atom. The number of methoxy groups -OCH3 is 1. The fourth-order valence-corrected chi connectivity index (χ4v) is 2.23. The lowest BCUT2D eigenvalue weighted by Gasteiger charge is -2.13. The van der Waals surface area contributed by atoms with Gasteiger partial charge in [-0.3, -0.25) is 0 Å². The summed E-state index contributed by atoms with van der Waals surface area (Å²) in [5, 5.41) is 0. The highest BCUT2D eigenvalue weighted by Gasteiger charge is 2.05. The summed E-state index contributed by atoms with van der Waals surface area (Å²) < 4.78 is 4.91. The topological polar surface area (TPSA) is 9.23 Å². The fraction of sp³-hybridized carbons (Fsp3) is 0.294. The summed E-state index contributed by atoms with van der Waals surface area (Å²) in [6, 6.07) is 18.5. The fourth-order valence-electron chi connectivity index (χ4n) is 2.23. The van der Waals surface area contributed by atoms with Gasteiger partial charge in [0, 0.05) is 0 Å². The standard InChI is InChI=1S/C10H12.C7H8O/c1-2-6-10-8-4-3-7-9(10)5-1;1-8-7-5-3-2-4-6-7/h1-2,5-6H,3-4,7-8H2;2-6H,1H3. The number of hydrogen-bond acceptors (Lipinski definition) is 1. The van der Waals surface area contributed by atoms with Gasteiger partial charge in [-0.2, -0.15) is 0 Å². The van der Waals surface area contributed by atoms with Crippen LogP contribution in [-0.4, -0.2) is 7.11 Å². The lowest BCUT2D eigenvalue weighted by atomic mass is 9.92. The molecule has 0 aromatic heterocycles. The maximum Gasteiger partial charge on any atom is 0.118 e. The number of aryl methyl sites for hydroxylation is 2. The molecule has 0 saturated heterocycles. The molecule has 18 heavy (non-hydrogen) atoms. The smallest absolute Gasteiger partial charge is 0.118 e. The van der Waals surface area contributed by atoms with Crippen molar-refractivity contribution in [3.05, 3.63) is 65.7 Å². The Bertz CT molecular complexity index is 437. The molecule has 0 atom stereocenters. The lowest BCUT2D eigenvalue weighted by molar-refractivity contribution is 0.415. The van der Waals surface area contributed by atoms with Crippen LogP contribution in [0.2, 0.25) is 0 Å². The molecule has 1 nitrogen and oxygen atoms in total. The minimum Gasteiger partial charge on any atom is -0.497 e. The van der Waals surface area contributed by atoms with Crippen LogP contribution < -0.4 is 4.74 Å². The van der Waals surface area contributed by atoms with Crippen LogP contribution in [0.4, 0.5) is 0 Å². The minimum atomic E-state index is 0.910. The zero-order valence-corrected chi connectivity index (χ0v) is 10.9. The van der Waals surface area contributed by atoms with Crippen molar-refractivity contribution in [3.63, 3.8) is 0 Å². The van der Waals surface area contributed by atoms with E-state index in [0.29, 0.717) is 0 Å². The number of benzene rings is 2. The molecule has 0 N–H and O–H groups in total. The van der Waals surface area contributed by atoms with Crippen LogP contribution >= 0.6 is 0 Å². The first-order valence-electron chi connectivity index (χ1n) is 6.56. The summed E-state index contributed by atoms with van der Waals surface area (Å²) in [6.45, 7) is 0. The van der Waals surface area contributed by atoms with E-state index in [1.165, 1.54) is 25.7 Å². The third-order valence-corrected chi connectivity index (χ3v) is 3.24. The molecule has 94 valence electrons. The third kappa shape index (κ3) is 3.63. The Kier molecular flexibility index (Phi) is 4.83. The van der Waals surface area contributed by atoms with E-state index in [1.54, 1.807) is 18.2 Å². The summed E-state index contributed by atoms with van der Waals surface area (Å²) in [6.07, 6.45) is 5.38. The largest absolute Gasteiger partial charge is 0.497 e. The van der Waals surface area contributed by atoms with Crippen molar-refractivity contribution in [1.29, 1.82) is 0 Å². The van der Waals surface area contributed by atoms with Crippen LogP contribution in [0.15, 0.2) is 54.6 Å². The third-order valence-electron chi connectivity index (χ3n) is 3.24. The zero-order valence-electron chi connectivity index (χ0n) is 10.9. The van der Waals surface area contributed by atoms with Gasteiger partial charge in [0.2, 0.25) is 0 Å². The van der Waals surface area contributed by atoms with E-state index < -0.39 is 0 Å². The first-order chi connectivity index (χ1) is 8.90.